The Morgan fingerprint density at radius 1 is 1.29 bits per heavy atom. The van der Waals surface area contributed by atoms with E-state index in [1.807, 2.05) is 13.0 Å². The van der Waals surface area contributed by atoms with Crippen LogP contribution in [0.3, 0.4) is 0 Å². The minimum Gasteiger partial charge on any atom is -0.384 e. The minimum atomic E-state index is -3.56. The molecule has 0 amide bonds. The van der Waals surface area contributed by atoms with Gasteiger partial charge in [0.1, 0.15) is 12.1 Å². The molecule has 28 heavy (non-hydrogen) atoms. The summed E-state index contributed by atoms with van der Waals surface area (Å²) in [6.07, 6.45) is 5.57. The van der Waals surface area contributed by atoms with Crippen molar-refractivity contribution in [3.05, 3.63) is 47.2 Å². The van der Waals surface area contributed by atoms with Crippen molar-refractivity contribution in [2.24, 2.45) is 0 Å². The summed E-state index contributed by atoms with van der Waals surface area (Å²) in [7, 11) is -3.56. The van der Waals surface area contributed by atoms with Gasteiger partial charge in [0.2, 0.25) is 0 Å². The Kier molecular flexibility index (Phi) is 4.86. The molecule has 3 aromatic heterocycles. The SMILES string of the molecule is Cc1nc(C)c(S(=O)(=O)N2CCC(c3ncncc3-c3ccnc(N)c3)C2)s1. The fourth-order valence-corrected chi connectivity index (χ4v) is 6.66. The van der Waals surface area contributed by atoms with Crippen LogP contribution in [0.1, 0.15) is 28.7 Å². The molecule has 146 valence electrons. The van der Waals surface area contributed by atoms with E-state index in [9.17, 15) is 8.42 Å². The maximum Gasteiger partial charge on any atom is 0.254 e. The van der Waals surface area contributed by atoms with Gasteiger partial charge in [0.15, 0.2) is 4.21 Å². The van der Waals surface area contributed by atoms with Gasteiger partial charge in [0.25, 0.3) is 10.0 Å². The molecule has 0 aliphatic carbocycles. The summed E-state index contributed by atoms with van der Waals surface area (Å²) in [5.74, 6) is 0.399. The largest absolute Gasteiger partial charge is 0.384 e. The molecule has 1 unspecified atom stereocenters. The second-order valence-electron chi connectivity index (χ2n) is 6.75. The first kappa shape index (κ1) is 18.9. The number of sulfonamides is 1. The van der Waals surface area contributed by atoms with Crippen molar-refractivity contribution in [2.45, 2.75) is 30.4 Å². The number of nitrogen functional groups attached to an aromatic ring is 1. The molecule has 10 heteroatoms. The molecule has 1 aliphatic rings. The lowest BCUT2D eigenvalue weighted by Crippen LogP contribution is -2.28. The Labute approximate surface area is 167 Å². The Morgan fingerprint density at radius 3 is 2.82 bits per heavy atom. The van der Waals surface area contributed by atoms with Crippen molar-refractivity contribution < 1.29 is 8.42 Å². The lowest BCUT2D eigenvalue weighted by molar-refractivity contribution is 0.473. The van der Waals surface area contributed by atoms with Gasteiger partial charge in [-0.25, -0.2) is 28.4 Å². The minimum absolute atomic E-state index is 0.0171. The highest BCUT2D eigenvalue weighted by molar-refractivity contribution is 7.91. The van der Waals surface area contributed by atoms with Crippen LogP contribution in [0.5, 0.6) is 0 Å². The second kappa shape index (κ2) is 7.19. The van der Waals surface area contributed by atoms with Gasteiger partial charge in [-0.15, -0.1) is 11.3 Å². The first-order valence-electron chi connectivity index (χ1n) is 8.82. The molecule has 1 fully saturated rings. The highest BCUT2D eigenvalue weighted by atomic mass is 32.2. The number of rotatable bonds is 4. The molecule has 0 saturated carbocycles. The molecule has 1 saturated heterocycles. The number of hydrogen-bond acceptors (Lipinski definition) is 8. The third-order valence-corrected chi connectivity index (χ3v) is 8.33. The van der Waals surface area contributed by atoms with E-state index < -0.39 is 10.0 Å². The van der Waals surface area contributed by atoms with Crippen molar-refractivity contribution in [1.82, 2.24) is 24.2 Å². The molecule has 3 aromatic rings. The number of nitrogens with two attached hydrogens (primary N) is 1. The van der Waals surface area contributed by atoms with Crippen LogP contribution in [0.25, 0.3) is 11.1 Å². The molecule has 1 atom stereocenters. The highest BCUT2D eigenvalue weighted by Gasteiger charge is 2.36. The summed E-state index contributed by atoms with van der Waals surface area (Å²) >= 11 is 1.22. The number of hydrogen-bond donors (Lipinski definition) is 1. The van der Waals surface area contributed by atoms with E-state index in [2.05, 4.69) is 19.9 Å². The monoisotopic (exact) mass is 416 g/mol. The summed E-state index contributed by atoms with van der Waals surface area (Å²) in [6, 6.07) is 3.63. The average Bonchev–Trinajstić information content (AvgIpc) is 3.29. The number of aryl methyl sites for hydroxylation is 2. The third kappa shape index (κ3) is 3.38. The van der Waals surface area contributed by atoms with Crippen molar-refractivity contribution in [2.75, 3.05) is 18.8 Å². The van der Waals surface area contributed by atoms with Crippen molar-refractivity contribution in [1.29, 1.82) is 0 Å². The van der Waals surface area contributed by atoms with Crippen molar-refractivity contribution in [3.63, 3.8) is 0 Å². The Hall–Kier alpha value is -2.43. The van der Waals surface area contributed by atoms with Crippen LogP contribution in [-0.2, 0) is 10.0 Å². The third-order valence-electron chi connectivity index (χ3n) is 4.81. The summed E-state index contributed by atoms with van der Waals surface area (Å²) in [4.78, 5) is 16.9. The zero-order chi connectivity index (χ0) is 19.9. The van der Waals surface area contributed by atoms with Gasteiger partial charge in [-0.3, -0.25) is 0 Å². The molecule has 0 bridgehead atoms. The number of nitrogens with zero attached hydrogens (tertiary/aromatic N) is 5. The van der Waals surface area contributed by atoms with E-state index in [1.54, 1.807) is 25.4 Å². The maximum absolute atomic E-state index is 13.1. The van der Waals surface area contributed by atoms with E-state index in [0.29, 0.717) is 35.2 Å². The lowest BCUT2D eigenvalue weighted by atomic mass is 9.96. The van der Waals surface area contributed by atoms with E-state index in [1.165, 1.54) is 22.0 Å². The Balaban J connectivity index is 1.65. The normalized spacial score (nSPS) is 17.9. The average molecular weight is 417 g/mol. The molecule has 1 aliphatic heterocycles. The van der Waals surface area contributed by atoms with Crippen molar-refractivity contribution >= 4 is 27.2 Å². The van der Waals surface area contributed by atoms with Crippen LogP contribution in [0.15, 0.2) is 35.1 Å². The predicted octanol–water partition coefficient (Wildman–Crippen LogP) is 2.37. The zero-order valence-electron chi connectivity index (χ0n) is 15.5. The lowest BCUT2D eigenvalue weighted by Gasteiger charge is -2.17. The fraction of sp³-hybridized carbons (Fsp3) is 0.333. The molecule has 8 nitrogen and oxygen atoms in total. The van der Waals surface area contributed by atoms with Gasteiger partial charge in [-0.2, -0.15) is 4.31 Å². The second-order valence-corrected chi connectivity index (χ2v) is 10.1. The first-order chi connectivity index (χ1) is 13.4. The molecule has 0 aromatic carbocycles. The topological polar surface area (TPSA) is 115 Å². The molecule has 2 N–H and O–H groups in total. The number of aromatic nitrogens is 4. The van der Waals surface area contributed by atoms with E-state index in [0.717, 1.165) is 21.8 Å². The van der Waals surface area contributed by atoms with Crippen LogP contribution in [0, 0.1) is 13.8 Å². The van der Waals surface area contributed by atoms with Crippen LogP contribution >= 0.6 is 11.3 Å². The number of anilines is 1. The molecule has 4 heterocycles. The summed E-state index contributed by atoms with van der Waals surface area (Å²) < 4.78 is 28.0. The van der Waals surface area contributed by atoms with Gasteiger partial charge >= 0.3 is 0 Å². The van der Waals surface area contributed by atoms with E-state index in [-0.39, 0.29) is 5.92 Å². The van der Waals surface area contributed by atoms with Crippen LogP contribution < -0.4 is 5.73 Å². The highest BCUT2D eigenvalue weighted by Crippen LogP contribution is 2.36. The number of pyridine rings is 1. The summed E-state index contributed by atoms with van der Waals surface area (Å²) in [6.45, 7) is 4.38. The van der Waals surface area contributed by atoms with Gasteiger partial charge in [-0.1, -0.05) is 0 Å². The smallest absolute Gasteiger partial charge is 0.254 e. The quantitative estimate of drug-likeness (QED) is 0.694. The summed E-state index contributed by atoms with van der Waals surface area (Å²) in [5.41, 5.74) is 8.93. The molecular formula is C18H20N6O2S2. The van der Waals surface area contributed by atoms with Gasteiger partial charge in [0.05, 0.1) is 16.4 Å². The zero-order valence-corrected chi connectivity index (χ0v) is 17.2. The maximum atomic E-state index is 13.1. The fourth-order valence-electron chi connectivity index (χ4n) is 3.54. The van der Waals surface area contributed by atoms with Gasteiger partial charge in [0, 0.05) is 37.0 Å². The molecule has 0 spiro atoms. The summed E-state index contributed by atoms with van der Waals surface area (Å²) in [5, 5.41) is 0.750. The van der Waals surface area contributed by atoms with E-state index in [4.69, 9.17) is 5.73 Å². The molecule has 4 rings (SSSR count). The van der Waals surface area contributed by atoms with Crippen LogP contribution in [0.2, 0.25) is 0 Å². The molecular weight excluding hydrogens is 396 g/mol. The number of thiazole rings is 1. The van der Waals surface area contributed by atoms with Crippen LogP contribution in [-0.4, -0.2) is 45.7 Å². The first-order valence-corrected chi connectivity index (χ1v) is 11.1. The Morgan fingerprint density at radius 2 is 2.11 bits per heavy atom. The standard InChI is InChI=1S/C18H20N6O2S2/c1-11-18(27-12(2)23-11)28(25,26)24-6-4-14(9-24)17-15(8-20-10-22-17)13-3-5-21-16(19)7-13/h3,5,7-8,10,14H,4,6,9H2,1-2H3,(H2,19,21). The van der Waals surface area contributed by atoms with E-state index >= 15 is 0 Å². The van der Waals surface area contributed by atoms with Crippen molar-refractivity contribution in [3.8, 4) is 11.1 Å². The van der Waals surface area contributed by atoms with Crippen LogP contribution in [0.4, 0.5) is 5.82 Å². The van der Waals surface area contributed by atoms with Gasteiger partial charge < -0.3 is 5.73 Å². The Bertz CT molecular complexity index is 1130. The predicted molar refractivity (Wildman–Crippen MR) is 107 cm³/mol. The van der Waals surface area contributed by atoms with Gasteiger partial charge in [-0.05, 0) is 38.0 Å². The molecule has 0 radical (unpaired) electrons.